The topological polar surface area (TPSA) is 61.8 Å². The molecule has 0 bridgehead atoms. The Morgan fingerprint density at radius 1 is 1.26 bits per heavy atom. The summed E-state index contributed by atoms with van der Waals surface area (Å²) in [6, 6.07) is 0. The van der Waals surface area contributed by atoms with Gasteiger partial charge in [0.05, 0.1) is 5.60 Å². The highest BCUT2D eigenvalue weighted by atomic mass is 16.5. The number of rotatable bonds is 10. The van der Waals surface area contributed by atoms with E-state index in [9.17, 15) is 9.90 Å². The number of likely N-dealkylation sites (N-methyl/N-ethyl adjacent to an activating group) is 1. The van der Waals surface area contributed by atoms with Crippen LogP contribution >= 0.6 is 0 Å². The van der Waals surface area contributed by atoms with Gasteiger partial charge in [0.2, 0.25) is 0 Å². The quantitative estimate of drug-likeness (QED) is 0.633. The first-order valence-corrected chi connectivity index (χ1v) is 6.96. The minimum absolute atomic E-state index is 0.421. The smallest absolute Gasteiger partial charge is 0.323 e. The molecule has 0 radical (unpaired) electrons. The summed E-state index contributed by atoms with van der Waals surface area (Å²) in [5.74, 6) is -0.836. The number of aliphatic carboxylic acids is 1. The molecule has 0 aliphatic heterocycles. The largest absolute Gasteiger partial charge is 0.480 e. The van der Waals surface area contributed by atoms with E-state index in [2.05, 4.69) is 24.1 Å². The second kappa shape index (κ2) is 7.82. The first-order chi connectivity index (χ1) is 8.70. The molecule has 5 heteroatoms. The molecular weight excluding hydrogens is 244 g/mol. The molecule has 5 nitrogen and oxygen atoms in total. The molecule has 0 saturated heterocycles. The normalized spacial score (nSPS) is 15.5. The molecule has 0 amide bonds. The van der Waals surface area contributed by atoms with Crippen LogP contribution in [-0.4, -0.2) is 60.4 Å². The van der Waals surface area contributed by atoms with Gasteiger partial charge in [0.25, 0.3) is 0 Å². The van der Waals surface area contributed by atoms with Crippen molar-refractivity contribution in [3.8, 4) is 0 Å². The Hall–Kier alpha value is -0.650. The highest BCUT2D eigenvalue weighted by molar-refractivity contribution is 5.78. The number of nitrogens with one attached hydrogen (secondary N) is 1. The van der Waals surface area contributed by atoms with Crippen LogP contribution in [0.4, 0.5) is 0 Å². The molecule has 0 aliphatic carbocycles. The van der Waals surface area contributed by atoms with Crippen molar-refractivity contribution in [2.45, 2.75) is 52.2 Å². The molecule has 2 N–H and O–H groups in total. The van der Waals surface area contributed by atoms with Crippen molar-refractivity contribution in [2.24, 2.45) is 0 Å². The van der Waals surface area contributed by atoms with Crippen molar-refractivity contribution in [2.75, 3.05) is 33.3 Å². The molecule has 0 saturated carbocycles. The number of hydrogen-bond acceptors (Lipinski definition) is 4. The van der Waals surface area contributed by atoms with Gasteiger partial charge < -0.3 is 20.1 Å². The monoisotopic (exact) mass is 274 g/mol. The summed E-state index contributed by atoms with van der Waals surface area (Å²) in [6.45, 7) is 13.2. The fourth-order valence-corrected chi connectivity index (χ4v) is 2.17. The van der Waals surface area contributed by atoms with Gasteiger partial charge in [-0.05, 0) is 33.9 Å². The minimum Gasteiger partial charge on any atom is -0.480 e. The summed E-state index contributed by atoms with van der Waals surface area (Å²) in [5.41, 5.74) is -1.43. The predicted molar refractivity (Wildman–Crippen MR) is 77.5 cm³/mol. The van der Waals surface area contributed by atoms with E-state index in [1.165, 1.54) is 0 Å². The lowest BCUT2D eigenvalue weighted by atomic mass is 9.87. The van der Waals surface area contributed by atoms with Crippen LogP contribution in [0.2, 0.25) is 0 Å². The van der Waals surface area contributed by atoms with Crippen molar-refractivity contribution in [3.63, 3.8) is 0 Å². The average molecular weight is 274 g/mol. The van der Waals surface area contributed by atoms with Crippen LogP contribution in [0.1, 0.15) is 41.0 Å². The Bertz CT molecular complexity index is 278. The number of carboxylic acid groups (broad SMARTS) is 1. The number of methoxy groups -OCH3 is 1. The average Bonchev–Trinajstić information content (AvgIpc) is 2.34. The number of carbonyl (C=O) groups is 1. The zero-order valence-electron chi connectivity index (χ0n) is 13.2. The van der Waals surface area contributed by atoms with Gasteiger partial charge in [0.1, 0.15) is 5.54 Å². The Morgan fingerprint density at radius 3 is 2.16 bits per heavy atom. The van der Waals surface area contributed by atoms with Crippen molar-refractivity contribution in [3.05, 3.63) is 0 Å². The van der Waals surface area contributed by atoms with Gasteiger partial charge in [0, 0.05) is 26.6 Å². The van der Waals surface area contributed by atoms with Gasteiger partial charge in [-0.1, -0.05) is 13.8 Å². The van der Waals surface area contributed by atoms with Gasteiger partial charge >= 0.3 is 5.97 Å². The van der Waals surface area contributed by atoms with E-state index >= 15 is 0 Å². The Labute approximate surface area is 117 Å². The van der Waals surface area contributed by atoms with Crippen LogP contribution in [0.5, 0.6) is 0 Å². The predicted octanol–water partition coefficient (Wildman–Crippen LogP) is 1.58. The fraction of sp³-hybridized carbons (Fsp3) is 0.929. The number of hydrogen-bond donors (Lipinski definition) is 2. The van der Waals surface area contributed by atoms with Crippen molar-refractivity contribution in [1.82, 2.24) is 10.2 Å². The van der Waals surface area contributed by atoms with E-state index in [0.717, 1.165) is 19.6 Å². The van der Waals surface area contributed by atoms with E-state index in [1.807, 2.05) is 13.8 Å². The zero-order chi connectivity index (χ0) is 15.1. The molecule has 0 aromatic carbocycles. The third kappa shape index (κ3) is 6.36. The summed E-state index contributed by atoms with van der Waals surface area (Å²) >= 11 is 0. The summed E-state index contributed by atoms with van der Waals surface area (Å²) in [5, 5.41) is 12.6. The lowest BCUT2D eigenvalue weighted by Crippen LogP contribution is -2.55. The number of carboxylic acids is 1. The first kappa shape index (κ1) is 18.4. The second-order valence-electron chi connectivity index (χ2n) is 5.73. The van der Waals surface area contributed by atoms with Crippen molar-refractivity contribution < 1.29 is 14.6 Å². The third-order valence-corrected chi connectivity index (χ3v) is 3.64. The van der Waals surface area contributed by atoms with E-state index in [0.29, 0.717) is 13.0 Å². The lowest BCUT2D eigenvalue weighted by molar-refractivity contribution is -0.147. The standard InChI is InChI=1S/C14H30N2O3/c1-7-16(8-2)10-9-15-14(5,12(17)18)11-13(3,4)19-6/h15H,7-11H2,1-6H3,(H,17,18). The van der Waals surface area contributed by atoms with Crippen LogP contribution < -0.4 is 5.32 Å². The Balaban J connectivity index is 4.52. The zero-order valence-corrected chi connectivity index (χ0v) is 13.2. The highest BCUT2D eigenvalue weighted by Crippen LogP contribution is 2.23. The van der Waals surface area contributed by atoms with Gasteiger partial charge in [-0.15, -0.1) is 0 Å². The molecule has 1 atom stereocenters. The van der Waals surface area contributed by atoms with Gasteiger partial charge in [0.15, 0.2) is 0 Å². The first-order valence-electron chi connectivity index (χ1n) is 6.96. The van der Waals surface area contributed by atoms with E-state index in [1.54, 1.807) is 14.0 Å². The molecule has 114 valence electrons. The molecule has 0 aromatic rings. The van der Waals surface area contributed by atoms with E-state index in [4.69, 9.17) is 4.74 Å². The van der Waals surface area contributed by atoms with Crippen LogP contribution in [0, 0.1) is 0 Å². The SMILES string of the molecule is CCN(CC)CCNC(C)(CC(C)(C)OC)C(=O)O. The Morgan fingerprint density at radius 2 is 1.79 bits per heavy atom. The molecule has 0 aliphatic rings. The second-order valence-corrected chi connectivity index (χ2v) is 5.73. The maximum absolute atomic E-state index is 11.5. The summed E-state index contributed by atoms with van der Waals surface area (Å²) < 4.78 is 5.34. The molecule has 0 heterocycles. The molecule has 1 unspecified atom stereocenters. The molecule has 19 heavy (non-hydrogen) atoms. The molecule has 0 spiro atoms. The summed E-state index contributed by atoms with van der Waals surface area (Å²) in [7, 11) is 1.61. The Kier molecular flexibility index (Phi) is 7.55. The van der Waals surface area contributed by atoms with E-state index < -0.39 is 17.1 Å². The number of ether oxygens (including phenoxy) is 1. The molecule has 0 rings (SSSR count). The fourth-order valence-electron chi connectivity index (χ4n) is 2.17. The molecule has 0 aromatic heterocycles. The molecular formula is C14H30N2O3. The van der Waals surface area contributed by atoms with E-state index in [-0.39, 0.29) is 0 Å². The highest BCUT2D eigenvalue weighted by Gasteiger charge is 2.38. The lowest BCUT2D eigenvalue weighted by Gasteiger charge is -2.35. The van der Waals surface area contributed by atoms with Gasteiger partial charge in [-0.2, -0.15) is 0 Å². The minimum atomic E-state index is -0.966. The van der Waals surface area contributed by atoms with Gasteiger partial charge in [-0.3, -0.25) is 4.79 Å². The summed E-state index contributed by atoms with van der Waals surface area (Å²) in [4.78, 5) is 13.8. The maximum atomic E-state index is 11.5. The van der Waals surface area contributed by atoms with Gasteiger partial charge in [-0.25, -0.2) is 0 Å². The number of nitrogens with zero attached hydrogens (tertiary/aromatic N) is 1. The van der Waals surface area contributed by atoms with Crippen LogP contribution in [0.3, 0.4) is 0 Å². The van der Waals surface area contributed by atoms with Crippen molar-refractivity contribution >= 4 is 5.97 Å². The van der Waals surface area contributed by atoms with Crippen LogP contribution in [0.25, 0.3) is 0 Å². The maximum Gasteiger partial charge on any atom is 0.323 e. The van der Waals surface area contributed by atoms with Crippen molar-refractivity contribution in [1.29, 1.82) is 0 Å². The molecule has 0 fully saturated rings. The third-order valence-electron chi connectivity index (χ3n) is 3.64. The summed E-state index contributed by atoms with van der Waals surface area (Å²) in [6.07, 6.45) is 0.421. The van der Waals surface area contributed by atoms with Crippen LogP contribution in [-0.2, 0) is 9.53 Å². The van der Waals surface area contributed by atoms with Crippen LogP contribution in [0.15, 0.2) is 0 Å².